The smallest absolute Gasteiger partial charge is 0.203 e. The van der Waals surface area contributed by atoms with Gasteiger partial charge in [-0.25, -0.2) is 4.58 Å². The lowest BCUT2D eigenvalue weighted by Gasteiger charge is -2.35. The number of rotatable bonds is 19. The minimum Gasteiger partial charge on any atom is -0.456 e. The Morgan fingerprint density at radius 2 is 1.39 bits per heavy atom. The molecule has 4 aromatic rings. The molecule has 0 saturated heterocycles. The van der Waals surface area contributed by atoms with E-state index in [4.69, 9.17) is 8.70 Å². The molecule has 54 heavy (non-hydrogen) atoms. The van der Waals surface area contributed by atoms with Gasteiger partial charge in [-0.05, 0) is 70.8 Å². The second kappa shape index (κ2) is 19.4. The molecule has 0 N–H and O–H groups in total. The molecule has 0 spiro atoms. The standard InChI is InChI=1S/C45H52N3O3S3/c1-5-27-47(29-31-52-37-17-11-9-12-18-37)35-23-25-39-42(33-35)50-43-34-36(48(28-6-2)30-32-53-38-19-13-10-14-20-38)24-26-40(43)45(39)41-21-15-16-22-44(41)54(7-3,8-4)51-46-49/h9-26,33-34H,5-8,27-32H2,1-4H3/q+1. The molecule has 0 bridgehead atoms. The monoisotopic (exact) mass is 778 g/mol. The van der Waals surface area contributed by atoms with E-state index in [1.165, 1.54) is 9.79 Å². The first-order chi connectivity index (χ1) is 26.5. The fourth-order valence-electron chi connectivity index (χ4n) is 7.13. The van der Waals surface area contributed by atoms with Gasteiger partial charge in [0.25, 0.3) is 0 Å². The topological polar surface area (TPSA) is 58.0 Å². The van der Waals surface area contributed by atoms with Crippen LogP contribution in [-0.2, 0) is 4.28 Å². The van der Waals surface area contributed by atoms with E-state index in [-0.39, 0.29) is 0 Å². The summed E-state index contributed by atoms with van der Waals surface area (Å²) in [5, 5.41) is 5.21. The number of hydrogen-bond acceptors (Lipinski definition) is 7. The maximum Gasteiger partial charge on any atom is 0.203 e. The molecule has 4 aromatic carbocycles. The average Bonchev–Trinajstić information content (AvgIpc) is 3.22. The molecular formula is C45H52N3O3S3+. The predicted molar refractivity (Wildman–Crippen MR) is 234 cm³/mol. The Labute approximate surface area is 330 Å². The van der Waals surface area contributed by atoms with E-state index in [9.17, 15) is 4.91 Å². The first-order valence-corrected chi connectivity index (χ1v) is 23.0. The van der Waals surface area contributed by atoms with Crippen molar-refractivity contribution in [2.75, 3.05) is 54.1 Å². The summed E-state index contributed by atoms with van der Waals surface area (Å²) >= 11 is 3.78. The number of benzene rings is 5. The maximum atomic E-state index is 11.7. The van der Waals surface area contributed by atoms with E-state index >= 15 is 0 Å². The van der Waals surface area contributed by atoms with Gasteiger partial charge in [-0.15, -0.1) is 28.4 Å². The van der Waals surface area contributed by atoms with Crippen LogP contribution in [0.3, 0.4) is 0 Å². The first-order valence-electron chi connectivity index (χ1n) is 19.1. The van der Waals surface area contributed by atoms with Gasteiger partial charge >= 0.3 is 0 Å². The highest BCUT2D eigenvalue weighted by Gasteiger charge is 2.31. The van der Waals surface area contributed by atoms with Crippen LogP contribution in [0, 0.1) is 4.91 Å². The van der Waals surface area contributed by atoms with E-state index in [1.807, 2.05) is 29.6 Å². The van der Waals surface area contributed by atoms with Crippen molar-refractivity contribution in [3.05, 3.63) is 132 Å². The Morgan fingerprint density at radius 1 is 0.704 bits per heavy atom. The Bertz CT molecular complexity index is 2150. The molecule has 0 atom stereocenters. The second-order valence-corrected chi connectivity index (χ2v) is 18.9. The van der Waals surface area contributed by atoms with Gasteiger partial charge in [0, 0.05) is 85.8 Å². The zero-order chi connectivity index (χ0) is 37.8. The van der Waals surface area contributed by atoms with Crippen LogP contribution in [-0.4, -0.2) is 49.2 Å². The van der Waals surface area contributed by atoms with E-state index in [0.29, 0.717) is 11.5 Å². The zero-order valence-electron chi connectivity index (χ0n) is 31.9. The fourth-order valence-corrected chi connectivity index (χ4v) is 11.3. The lowest BCUT2D eigenvalue weighted by atomic mass is 9.93. The Kier molecular flexibility index (Phi) is 14.2. The number of thioether (sulfide) groups is 2. The highest BCUT2D eigenvalue weighted by Crippen LogP contribution is 2.60. The number of anilines is 1. The quantitative estimate of drug-likeness (QED) is 0.0268. The third-order valence-corrected chi connectivity index (χ3v) is 15.2. The predicted octanol–water partition coefficient (Wildman–Crippen LogP) is 12.0. The molecule has 0 fully saturated rings. The van der Waals surface area contributed by atoms with Crippen LogP contribution in [0.1, 0.15) is 40.5 Å². The van der Waals surface area contributed by atoms with Crippen LogP contribution in [0.15, 0.2) is 146 Å². The third-order valence-electron chi connectivity index (χ3n) is 9.82. The van der Waals surface area contributed by atoms with Gasteiger partial charge in [0.2, 0.25) is 5.36 Å². The maximum absolute atomic E-state index is 11.7. The lowest BCUT2D eigenvalue weighted by Crippen LogP contribution is -2.32. The molecule has 0 radical (unpaired) electrons. The van der Waals surface area contributed by atoms with Crippen LogP contribution in [0.25, 0.3) is 33.4 Å². The van der Waals surface area contributed by atoms with Gasteiger partial charge in [0.1, 0.15) is 17.9 Å². The minimum absolute atomic E-state index is 0.688. The molecule has 0 aromatic heterocycles. The summed E-state index contributed by atoms with van der Waals surface area (Å²) in [5.74, 6) is 4.18. The van der Waals surface area contributed by atoms with Crippen molar-refractivity contribution in [3.8, 4) is 22.5 Å². The molecule has 0 unspecified atom stereocenters. The summed E-state index contributed by atoms with van der Waals surface area (Å²) in [6.45, 7) is 12.4. The molecule has 0 saturated carbocycles. The summed E-state index contributed by atoms with van der Waals surface area (Å²) in [6, 6.07) is 43.0. The highest BCUT2D eigenvalue weighted by atomic mass is 32.3. The summed E-state index contributed by atoms with van der Waals surface area (Å²) < 4.78 is 15.2. The molecule has 282 valence electrons. The van der Waals surface area contributed by atoms with E-state index in [0.717, 1.165) is 99.9 Å². The third kappa shape index (κ3) is 9.19. The minimum atomic E-state index is -1.97. The van der Waals surface area contributed by atoms with E-state index in [1.54, 1.807) is 0 Å². The molecule has 0 amide bonds. The van der Waals surface area contributed by atoms with Crippen molar-refractivity contribution in [1.29, 1.82) is 0 Å². The molecule has 1 aliphatic heterocycles. The number of hydrogen-bond donors (Lipinski definition) is 0. The fraction of sp³-hybridized carbons (Fsp3) is 0.311. The summed E-state index contributed by atoms with van der Waals surface area (Å²) in [7, 11) is -1.97. The van der Waals surface area contributed by atoms with E-state index < -0.39 is 10.3 Å². The first kappa shape index (κ1) is 39.5. The van der Waals surface area contributed by atoms with Gasteiger partial charge in [0.15, 0.2) is 11.9 Å². The Balaban J connectivity index is 1.50. The molecule has 6 rings (SSSR count). The van der Waals surface area contributed by atoms with Gasteiger partial charge < -0.3 is 13.6 Å². The Morgan fingerprint density at radius 3 is 2.06 bits per heavy atom. The largest absolute Gasteiger partial charge is 0.456 e. The van der Waals surface area contributed by atoms with Gasteiger partial charge in [-0.1, -0.05) is 82.3 Å². The van der Waals surface area contributed by atoms with Crippen molar-refractivity contribution in [3.63, 3.8) is 0 Å². The van der Waals surface area contributed by atoms with Crippen molar-refractivity contribution < 1.29 is 8.70 Å². The Hall–Kier alpha value is -4.18. The summed E-state index contributed by atoms with van der Waals surface area (Å²) in [6.07, 6.45) is 2.09. The number of nitrogens with zero attached hydrogens (tertiary/aromatic N) is 3. The second-order valence-electron chi connectivity index (χ2n) is 13.2. The molecular weight excluding hydrogens is 727 g/mol. The molecule has 1 aliphatic carbocycles. The van der Waals surface area contributed by atoms with Crippen molar-refractivity contribution in [2.45, 2.75) is 55.2 Å². The molecule has 9 heteroatoms. The number of fused-ring (bicyclic) bond motifs is 2. The molecule has 1 heterocycles. The normalized spacial score (nSPS) is 12.5. The molecule has 6 nitrogen and oxygen atoms in total. The van der Waals surface area contributed by atoms with Crippen LogP contribution < -0.4 is 14.8 Å². The van der Waals surface area contributed by atoms with Crippen molar-refractivity contribution in [1.82, 2.24) is 4.58 Å². The van der Waals surface area contributed by atoms with Crippen molar-refractivity contribution in [2.24, 2.45) is 5.34 Å². The SMILES string of the molecule is CCCN(CCSc1ccccc1)c1ccc2c(-c3ccccc3S(CC)(CC)ON=O)c3ccc(=[N+](CCC)CCSc4ccccc4)cc-3oc2c1. The average molecular weight is 779 g/mol. The summed E-state index contributed by atoms with van der Waals surface area (Å²) in [4.78, 5) is 17.8. The molecule has 2 aliphatic rings. The van der Waals surface area contributed by atoms with Gasteiger partial charge in [0.05, 0.1) is 11.8 Å². The zero-order valence-corrected chi connectivity index (χ0v) is 34.4. The van der Waals surface area contributed by atoms with Crippen molar-refractivity contribution >= 4 is 50.5 Å². The van der Waals surface area contributed by atoms with Crippen LogP contribution in [0.2, 0.25) is 0 Å². The van der Waals surface area contributed by atoms with Gasteiger partial charge in [-0.3, -0.25) is 0 Å². The van der Waals surface area contributed by atoms with Gasteiger partial charge in [-0.2, -0.15) is 0 Å². The van der Waals surface area contributed by atoms with E-state index in [2.05, 4.69) is 158 Å². The van der Waals surface area contributed by atoms with Crippen LogP contribution in [0.5, 0.6) is 0 Å². The van der Waals surface area contributed by atoms with Crippen LogP contribution >= 0.6 is 33.8 Å². The lowest BCUT2D eigenvalue weighted by molar-refractivity contribution is 0.377. The highest BCUT2D eigenvalue weighted by molar-refractivity contribution is 8.29. The van der Waals surface area contributed by atoms with Crippen LogP contribution in [0.4, 0.5) is 5.69 Å². The summed E-state index contributed by atoms with van der Waals surface area (Å²) in [5.41, 5.74) is 5.17.